The van der Waals surface area contributed by atoms with Crippen LogP contribution in [0, 0.1) is 0 Å². The highest BCUT2D eigenvalue weighted by Gasteiger charge is 2.16. The minimum Gasteiger partial charge on any atom is -0.378 e. The van der Waals surface area contributed by atoms with Crippen molar-refractivity contribution in [2.45, 2.75) is 11.8 Å². The van der Waals surface area contributed by atoms with E-state index in [2.05, 4.69) is 10.0 Å². The molecular weight excluding hydrogens is 354 g/mol. The first-order valence-corrected chi connectivity index (χ1v) is 9.35. The van der Waals surface area contributed by atoms with Crippen LogP contribution in [0.4, 0.5) is 11.4 Å². The highest BCUT2D eigenvalue weighted by atomic mass is 32.2. The van der Waals surface area contributed by atoms with Crippen molar-refractivity contribution < 1.29 is 18.0 Å². The van der Waals surface area contributed by atoms with Crippen LogP contribution in [0.5, 0.6) is 0 Å². The summed E-state index contributed by atoms with van der Waals surface area (Å²) in [7, 11) is -0.0789. The van der Waals surface area contributed by atoms with Gasteiger partial charge < -0.3 is 10.2 Å². The van der Waals surface area contributed by atoms with Crippen LogP contribution in [-0.4, -0.2) is 40.7 Å². The zero-order valence-electron chi connectivity index (χ0n) is 14.8. The second-order valence-electron chi connectivity index (χ2n) is 5.90. The van der Waals surface area contributed by atoms with E-state index in [1.807, 2.05) is 31.1 Å². The lowest BCUT2D eigenvalue weighted by atomic mass is 10.2. The van der Waals surface area contributed by atoms with Crippen LogP contribution in [-0.2, 0) is 14.8 Å². The topological polar surface area (TPSA) is 95.6 Å². The molecule has 0 radical (unpaired) electrons. The lowest BCUT2D eigenvalue weighted by molar-refractivity contribution is -0.115. The fourth-order valence-corrected chi connectivity index (χ4v) is 3.20. The Hall–Kier alpha value is -2.71. The molecule has 0 fully saturated rings. The summed E-state index contributed by atoms with van der Waals surface area (Å²) in [6, 6.07) is 12.8. The number of ketones is 1. The van der Waals surface area contributed by atoms with Gasteiger partial charge in [-0.15, -0.1) is 0 Å². The molecule has 2 aromatic rings. The van der Waals surface area contributed by atoms with Gasteiger partial charge in [0.1, 0.15) is 0 Å². The molecule has 0 atom stereocenters. The number of rotatable bonds is 7. The Morgan fingerprint density at radius 3 is 2.27 bits per heavy atom. The number of carbonyl (C=O) groups is 2. The van der Waals surface area contributed by atoms with Crippen LogP contribution in [0.2, 0.25) is 0 Å². The van der Waals surface area contributed by atoms with Crippen molar-refractivity contribution >= 4 is 33.1 Å². The normalized spacial score (nSPS) is 11.0. The van der Waals surface area contributed by atoms with E-state index in [-0.39, 0.29) is 10.7 Å². The van der Waals surface area contributed by atoms with Gasteiger partial charge in [0.05, 0.1) is 11.4 Å². The number of amides is 1. The van der Waals surface area contributed by atoms with Gasteiger partial charge in [0.15, 0.2) is 5.78 Å². The molecule has 0 heterocycles. The zero-order valence-corrected chi connectivity index (χ0v) is 15.6. The van der Waals surface area contributed by atoms with E-state index in [9.17, 15) is 18.0 Å². The number of sulfonamides is 1. The SMILES string of the molecule is CC(=O)c1cccc(S(=O)(=O)NCC(=O)Nc2ccc(N(C)C)cc2)c1. The van der Waals surface area contributed by atoms with Crippen molar-refractivity contribution in [2.75, 3.05) is 30.9 Å². The molecule has 0 saturated heterocycles. The Balaban J connectivity index is 1.99. The van der Waals surface area contributed by atoms with E-state index in [1.165, 1.54) is 31.2 Å². The van der Waals surface area contributed by atoms with E-state index >= 15 is 0 Å². The molecule has 0 aliphatic rings. The summed E-state index contributed by atoms with van der Waals surface area (Å²) in [5.41, 5.74) is 1.84. The molecule has 7 nitrogen and oxygen atoms in total. The monoisotopic (exact) mass is 375 g/mol. The molecule has 2 N–H and O–H groups in total. The molecule has 0 spiro atoms. The predicted octanol–water partition coefficient (Wildman–Crippen LogP) is 1.87. The average Bonchev–Trinajstić information content (AvgIpc) is 2.60. The Bertz CT molecular complexity index is 906. The highest BCUT2D eigenvalue weighted by Crippen LogP contribution is 2.15. The van der Waals surface area contributed by atoms with Crippen LogP contribution in [0.1, 0.15) is 17.3 Å². The van der Waals surface area contributed by atoms with Crippen LogP contribution < -0.4 is 14.9 Å². The number of Topliss-reactive ketones (excluding diaryl/α,β-unsaturated/α-hetero) is 1. The van der Waals surface area contributed by atoms with Gasteiger partial charge in [0.2, 0.25) is 15.9 Å². The molecule has 8 heteroatoms. The Morgan fingerprint density at radius 2 is 1.69 bits per heavy atom. The Labute approximate surface area is 153 Å². The number of nitrogens with one attached hydrogen (secondary N) is 2. The van der Waals surface area contributed by atoms with Crippen molar-refractivity contribution in [3.8, 4) is 0 Å². The summed E-state index contributed by atoms with van der Waals surface area (Å²) < 4.78 is 26.8. The number of benzene rings is 2. The third kappa shape index (κ3) is 5.14. The molecule has 0 unspecified atom stereocenters. The van der Waals surface area contributed by atoms with Crippen LogP contribution >= 0.6 is 0 Å². The van der Waals surface area contributed by atoms with Crippen molar-refractivity contribution in [1.29, 1.82) is 0 Å². The predicted molar refractivity (Wildman–Crippen MR) is 101 cm³/mol. The minimum absolute atomic E-state index is 0.0617. The molecule has 0 saturated carbocycles. The van der Waals surface area contributed by atoms with Gasteiger partial charge in [0, 0.05) is 31.0 Å². The summed E-state index contributed by atoms with van der Waals surface area (Å²) in [4.78, 5) is 25.2. The van der Waals surface area contributed by atoms with E-state index < -0.39 is 22.5 Å². The number of carbonyl (C=O) groups excluding carboxylic acids is 2. The molecule has 2 aromatic carbocycles. The molecule has 0 aliphatic heterocycles. The van der Waals surface area contributed by atoms with Crippen molar-refractivity contribution in [3.63, 3.8) is 0 Å². The van der Waals surface area contributed by atoms with E-state index in [4.69, 9.17) is 0 Å². The zero-order chi connectivity index (χ0) is 19.3. The Morgan fingerprint density at radius 1 is 1.04 bits per heavy atom. The van der Waals surface area contributed by atoms with E-state index in [0.29, 0.717) is 11.3 Å². The summed E-state index contributed by atoms with van der Waals surface area (Å²) in [6.45, 7) is 0.941. The molecule has 2 rings (SSSR count). The molecule has 138 valence electrons. The van der Waals surface area contributed by atoms with Crippen molar-refractivity contribution in [2.24, 2.45) is 0 Å². The number of nitrogens with zero attached hydrogens (tertiary/aromatic N) is 1. The lowest BCUT2D eigenvalue weighted by Gasteiger charge is -2.13. The smallest absolute Gasteiger partial charge is 0.241 e. The summed E-state index contributed by atoms with van der Waals surface area (Å²) in [6.07, 6.45) is 0. The fourth-order valence-electron chi connectivity index (χ4n) is 2.17. The van der Waals surface area contributed by atoms with Gasteiger partial charge in [0.25, 0.3) is 0 Å². The van der Waals surface area contributed by atoms with Gasteiger partial charge in [-0.2, -0.15) is 0 Å². The van der Waals surface area contributed by atoms with Gasteiger partial charge in [-0.1, -0.05) is 12.1 Å². The maximum Gasteiger partial charge on any atom is 0.241 e. The fraction of sp³-hybridized carbons (Fsp3) is 0.222. The summed E-state index contributed by atoms with van der Waals surface area (Å²) >= 11 is 0. The molecular formula is C18H21N3O4S. The molecule has 26 heavy (non-hydrogen) atoms. The van der Waals surface area contributed by atoms with Crippen molar-refractivity contribution in [3.05, 3.63) is 54.1 Å². The maximum atomic E-state index is 12.3. The van der Waals surface area contributed by atoms with Crippen LogP contribution in [0.15, 0.2) is 53.4 Å². The summed E-state index contributed by atoms with van der Waals surface area (Å²) in [5.74, 6) is -0.727. The van der Waals surface area contributed by atoms with Crippen LogP contribution in [0.25, 0.3) is 0 Å². The molecule has 0 bridgehead atoms. The largest absolute Gasteiger partial charge is 0.378 e. The third-order valence-electron chi connectivity index (χ3n) is 3.64. The molecule has 1 amide bonds. The highest BCUT2D eigenvalue weighted by molar-refractivity contribution is 7.89. The first kappa shape index (κ1) is 19.6. The van der Waals surface area contributed by atoms with Gasteiger partial charge >= 0.3 is 0 Å². The van der Waals surface area contributed by atoms with Gasteiger partial charge in [-0.05, 0) is 43.3 Å². The number of hydrogen-bond acceptors (Lipinski definition) is 5. The van der Waals surface area contributed by atoms with Gasteiger partial charge in [-0.25, -0.2) is 13.1 Å². The number of anilines is 2. The third-order valence-corrected chi connectivity index (χ3v) is 5.04. The quantitative estimate of drug-likeness (QED) is 0.721. The second-order valence-corrected chi connectivity index (χ2v) is 7.66. The first-order valence-electron chi connectivity index (χ1n) is 7.87. The van der Waals surface area contributed by atoms with E-state index in [1.54, 1.807) is 12.1 Å². The second kappa shape index (κ2) is 8.11. The van der Waals surface area contributed by atoms with Gasteiger partial charge in [-0.3, -0.25) is 9.59 Å². The standard InChI is InChI=1S/C18H21N3O4S/c1-13(22)14-5-4-6-17(11-14)26(24,25)19-12-18(23)20-15-7-9-16(10-8-15)21(2)3/h4-11,19H,12H2,1-3H3,(H,20,23). The average molecular weight is 375 g/mol. The van der Waals surface area contributed by atoms with E-state index in [0.717, 1.165) is 5.69 Å². The van der Waals surface area contributed by atoms with Crippen LogP contribution in [0.3, 0.4) is 0 Å². The minimum atomic E-state index is -3.89. The lowest BCUT2D eigenvalue weighted by Crippen LogP contribution is -2.33. The maximum absolute atomic E-state index is 12.3. The molecule has 0 aromatic heterocycles. The Kier molecular flexibility index (Phi) is 6.12. The number of hydrogen-bond donors (Lipinski definition) is 2. The van der Waals surface area contributed by atoms with Crippen molar-refractivity contribution in [1.82, 2.24) is 4.72 Å². The summed E-state index contributed by atoms with van der Waals surface area (Å²) in [5, 5.41) is 2.62. The first-order chi connectivity index (χ1) is 12.2. The molecule has 0 aliphatic carbocycles.